The maximum Gasteiger partial charge on any atom is 0.468 e. The molecular weight excluding hydrogens is 157 g/mol. The van der Waals surface area contributed by atoms with Gasteiger partial charge in [0.05, 0.1) is 7.11 Å². The van der Waals surface area contributed by atoms with E-state index in [4.69, 9.17) is 14.6 Å². The van der Waals surface area contributed by atoms with Crippen LogP contribution < -0.4 is 4.72 Å². The van der Waals surface area contributed by atoms with Crippen LogP contribution in [0.2, 0.25) is 0 Å². The fourth-order valence-electron chi connectivity index (χ4n) is 0.288. The molecule has 0 saturated carbocycles. The van der Waals surface area contributed by atoms with Gasteiger partial charge < -0.3 is 10.0 Å². The summed E-state index contributed by atoms with van der Waals surface area (Å²) in [4.78, 5) is 0. The zero-order valence-electron chi connectivity index (χ0n) is 5.94. The van der Waals surface area contributed by atoms with Crippen LogP contribution in [-0.4, -0.2) is 41.5 Å². The van der Waals surface area contributed by atoms with Crippen molar-refractivity contribution >= 4 is 17.9 Å². The van der Waals surface area contributed by atoms with E-state index in [1.54, 1.807) is 0 Å². The van der Waals surface area contributed by atoms with Crippen molar-refractivity contribution < 1.29 is 18.8 Å². The minimum Gasteiger partial charge on any atom is -0.426 e. The van der Waals surface area contributed by atoms with Crippen LogP contribution >= 0.6 is 10.8 Å². The highest BCUT2D eigenvalue weighted by Gasteiger charge is 2.12. The largest absolute Gasteiger partial charge is 0.468 e. The first-order chi connectivity index (χ1) is 4.48. The molecule has 0 radical (unpaired) electrons. The Morgan fingerprint density at radius 3 is 2.40 bits per heavy atom. The van der Waals surface area contributed by atoms with E-state index in [2.05, 4.69) is 8.91 Å². The van der Waals surface area contributed by atoms with Crippen molar-refractivity contribution in [1.82, 2.24) is 4.72 Å². The molecule has 0 bridgehead atoms. The lowest BCUT2D eigenvalue weighted by molar-refractivity contribution is 0.380. The Morgan fingerprint density at radius 1 is 1.60 bits per heavy atom. The van der Waals surface area contributed by atoms with Gasteiger partial charge in [-0.05, 0) is 0 Å². The molecule has 0 aromatic rings. The first-order valence-corrected chi connectivity index (χ1v) is 4.57. The molecule has 0 fully saturated rings. The van der Waals surface area contributed by atoms with Crippen LogP contribution in [0.1, 0.15) is 0 Å². The predicted octanol–water partition coefficient (Wildman–Crippen LogP) is -1.03. The zero-order valence-corrected chi connectivity index (χ0v) is 6.76. The molecule has 1 atom stereocenters. The molecular formula is C3H12BNO4S. The van der Waals surface area contributed by atoms with Gasteiger partial charge in [-0.1, -0.05) is 0 Å². The predicted molar refractivity (Wildman–Crippen MR) is 41.3 cm³/mol. The lowest BCUT2D eigenvalue weighted by Gasteiger charge is -2.32. The molecule has 0 saturated heterocycles. The van der Waals surface area contributed by atoms with Gasteiger partial charge in [0, 0.05) is 12.7 Å². The monoisotopic (exact) mass is 169 g/mol. The van der Waals surface area contributed by atoms with E-state index in [9.17, 15) is 0 Å². The fourth-order valence-corrected chi connectivity index (χ4v) is 0.864. The molecule has 0 aliphatic heterocycles. The summed E-state index contributed by atoms with van der Waals surface area (Å²) < 4.78 is 16.1. The van der Waals surface area contributed by atoms with Crippen LogP contribution in [0.3, 0.4) is 0 Å². The number of rotatable bonds is 4. The van der Waals surface area contributed by atoms with Gasteiger partial charge in [-0.15, -0.1) is 10.8 Å². The topological polar surface area (TPSA) is 82.0 Å². The third-order valence-electron chi connectivity index (χ3n) is 0.858. The molecule has 5 nitrogen and oxygen atoms in total. The molecule has 0 aromatic heterocycles. The number of hydrogen-bond acceptors (Lipinski definition) is 5. The Bertz CT molecular complexity index is 101. The first kappa shape index (κ1) is 10.2. The maximum absolute atomic E-state index is 9.10. The molecule has 7 heteroatoms. The molecule has 10 heavy (non-hydrogen) atoms. The number of hydrogen-bond donors (Lipinski definition) is 4. The zero-order chi connectivity index (χ0) is 8.20. The van der Waals surface area contributed by atoms with Crippen molar-refractivity contribution in [3.8, 4) is 0 Å². The van der Waals surface area contributed by atoms with E-state index in [0.29, 0.717) is 0 Å². The van der Waals surface area contributed by atoms with Crippen molar-refractivity contribution in [2.24, 2.45) is 0 Å². The summed E-state index contributed by atoms with van der Waals surface area (Å²) in [6.07, 6.45) is 1.34. The van der Waals surface area contributed by atoms with Crippen LogP contribution in [0.4, 0.5) is 0 Å². The van der Waals surface area contributed by atoms with Crippen molar-refractivity contribution in [2.45, 2.75) is 0 Å². The Labute approximate surface area is 62.0 Å². The van der Waals surface area contributed by atoms with E-state index in [-0.39, 0.29) is 6.44 Å². The van der Waals surface area contributed by atoms with E-state index >= 15 is 0 Å². The summed E-state index contributed by atoms with van der Waals surface area (Å²) >= 11 is 0. The average Bonchev–Trinajstić information content (AvgIpc) is 1.85. The minimum atomic E-state index is -2.28. The lowest BCUT2D eigenvalue weighted by Crippen LogP contribution is -2.32. The first-order valence-electron chi connectivity index (χ1n) is 2.65. The molecule has 4 N–H and O–H groups in total. The highest BCUT2D eigenvalue weighted by atomic mass is 32.3. The van der Waals surface area contributed by atoms with Crippen LogP contribution in [0.25, 0.3) is 0 Å². The van der Waals surface area contributed by atoms with Gasteiger partial charge in [-0.2, -0.15) is 0 Å². The summed E-state index contributed by atoms with van der Waals surface area (Å²) in [6.45, 7) is 0. The Morgan fingerprint density at radius 2 is 2.10 bits per heavy atom. The third kappa shape index (κ3) is 5.04. The van der Waals surface area contributed by atoms with Gasteiger partial charge >= 0.3 is 7.12 Å². The van der Waals surface area contributed by atoms with Crippen molar-refractivity contribution in [3.63, 3.8) is 0 Å². The standard InChI is InChI=1S/C3H12BNO4S/c1-9-10(2,8)5-3-4(6)7/h5-8H,3H2,1-2H3. The van der Waals surface area contributed by atoms with E-state index in [1.165, 1.54) is 13.4 Å². The quantitative estimate of drug-likeness (QED) is 0.404. The van der Waals surface area contributed by atoms with Crippen LogP contribution in [0, 0.1) is 0 Å². The van der Waals surface area contributed by atoms with Crippen molar-refractivity contribution in [2.75, 3.05) is 19.8 Å². The number of nitrogens with one attached hydrogen (secondary N) is 1. The molecule has 0 heterocycles. The van der Waals surface area contributed by atoms with Gasteiger partial charge in [-0.25, -0.2) is 4.72 Å². The average molecular weight is 169 g/mol. The van der Waals surface area contributed by atoms with Gasteiger partial charge in [0.25, 0.3) is 0 Å². The van der Waals surface area contributed by atoms with Gasteiger partial charge in [-0.3, -0.25) is 8.74 Å². The fraction of sp³-hybridized carbons (Fsp3) is 1.00. The summed E-state index contributed by atoms with van der Waals surface area (Å²) in [6, 6.07) is 0. The second kappa shape index (κ2) is 4.17. The molecule has 0 rings (SSSR count). The summed E-state index contributed by atoms with van der Waals surface area (Å²) in [5.41, 5.74) is 0. The van der Waals surface area contributed by atoms with E-state index in [1.807, 2.05) is 0 Å². The highest BCUT2D eigenvalue weighted by molar-refractivity contribution is 8.22. The van der Waals surface area contributed by atoms with Crippen molar-refractivity contribution in [1.29, 1.82) is 0 Å². The maximum atomic E-state index is 9.10. The Balaban J connectivity index is 3.46. The molecule has 62 valence electrons. The van der Waals surface area contributed by atoms with Crippen LogP contribution in [-0.2, 0) is 4.18 Å². The summed E-state index contributed by atoms with van der Waals surface area (Å²) in [5, 5.41) is 16.7. The van der Waals surface area contributed by atoms with E-state index < -0.39 is 17.9 Å². The second-order valence-corrected chi connectivity index (χ2v) is 4.03. The van der Waals surface area contributed by atoms with Crippen LogP contribution in [0.15, 0.2) is 0 Å². The molecule has 0 aliphatic carbocycles. The van der Waals surface area contributed by atoms with Gasteiger partial charge in [0.15, 0.2) is 0 Å². The SMILES string of the molecule is COS(C)(O)NCB(O)O. The molecule has 0 spiro atoms. The second-order valence-electron chi connectivity index (χ2n) is 1.80. The molecule has 0 amide bonds. The summed E-state index contributed by atoms with van der Waals surface area (Å²) in [5.74, 6) is 0. The normalized spacial score (nSPS) is 19.7. The minimum absolute atomic E-state index is 0.101. The molecule has 1 unspecified atom stereocenters. The molecule has 0 aliphatic rings. The molecule has 0 aromatic carbocycles. The van der Waals surface area contributed by atoms with Gasteiger partial charge in [0.1, 0.15) is 0 Å². The van der Waals surface area contributed by atoms with Crippen molar-refractivity contribution in [3.05, 3.63) is 0 Å². The highest BCUT2D eigenvalue weighted by Crippen LogP contribution is 2.33. The van der Waals surface area contributed by atoms with Gasteiger partial charge in [0.2, 0.25) is 0 Å². The van der Waals surface area contributed by atoms with E-state index in [0.717, 1.165) is 0 Å². The van der Waals surface area contributed by atoms with Crippen LogP contribution in [0.5, 0.6) is 0 Å². The Hall–Kier alpha value is 0.215. The summed E-state index contributed by atoms with van der Waals surface area (Å²) in [7, 11) is -2.41. The Kier molecular flexibility index (Phi) is 4.26. The smallest absolute Gasteiger partial charge is 0.426 e. The third-order valence-corrected chi connectivity index (χ3v) is 2.21. The lowest BCUT2D eigenvalue weighted by atomic mass is 9.94.